The minimum Gasteiger partial charge on any atom is -0.497 e. The zero-order valence-corrected chi connectivity index (χ0v) is 13.0. The first-order chi connectivity index (χ1) is 10.6. The summed E-state index contributed by atoms with van der Waals surface area (Å²) in [6.45, 7) is 4.27. The normalized spacial score (nSPS) is 10.4. The third-order valence-corrected chi connectivity index (χ3v) is 3.90. The minimum atomic E-state index is -0.880. The Morgan fingerprint density at radius 3 is 2.73 bits per heavy atom. The van der Waals surface area contributed by atoms with Gasteiger partial charge in [-0.2, -0.15) is 0 Å². The number of hydrogen-bond donors (Lipinski definition) is 1. The first-order valence-corrected chi connectivity index (χ1v) is 7.63. The van der Waals surface area contributed by atoms with Gasteiger partial charge in [-0.25, -0.2) is 0 Å². The summed E-state index contributed by atoms with van der Waals surface area (Å²) < 4.78 is 7.01. The maximum absolute atomic E-state index is 10.7. The topological polar surface area (TPSA) is 77.2 Å². The van der Waals surface area contributed by atoms with Crippen molar-refractivity contribution in [3.63, 3.8) is 0 Å². The molecule has 0 atom stereocenters. The zero-order valence-electron chi connectivity index (χ0n) is 12.2. The van der Waals surface area contributed by atoms with E-state index >= 15 is 0 Å². The summed E-state index contributed by atoms with van der Waals surface area (Å²) in [7, 11) is 1.63. The number of methoxy groups -OCH3 is 1. The van der Waals surface area contributed by atoms with E-state index in [1.165, 1.54) is 0 Å². The van der Waals surface area contributed by atoms with Crippen LogP contribution in [0.25, 0.3) is 0 Å². The average molecular weight is 319 g/mol. The molecule has 0 spiro atoms. The van der Waals surface area contributed by atoms with Crippen LogP contribution in [0.3, 0.4) is 0 Å². The van der Waals surface area contributed by atoms with Crippen LogP contribution in [0.1, 0.15) is 11.4 Å². The number of allylic oxidation sites excluding steroid dienone is 1. The number of hydrogen-bond acceptors (Lipinski definition) is 5. The molecule has 2 rings (SSSR count). The second-order valence-electron chi connectivity index (χ2n) is 4.51. The van der Waals surface area contributed by atoms with Gasteiger partial charge in [0.2, 0.25) is 0 Å². The molecule has 22 heavy (non-hydrogen) atoms. The molecule has 0 amide bonds. The standard InChI is InChI=1S/C15H17N3O3S/c1-3-8-18-13(16-17-15(18)22-10-14(19)20)9-11-4-6-12(21-2)7-5-11/h3-7H,1,8-10H2,2H3,(H,19,20). The highest BCUT2D eigenvalue weighted by molar-refractivity contribution is 7.99. The molecule has 0 bridgehead atoms. The van der Waals surface area contributed by atoms with Gasteiger partial charge in [0.15, 0.2) is 5.16 Å². The maximum atomic E-state index is 10.7. The highest BCUT2D eigenvalue weighted by Crippen LogP contribution is 2.20. The molecule has 0 saturated heterocycles. The molecule has 1 aromatic carbocycles. The molecular formula is C15H17N3O3S. The van der Waals surface area contributed by atoms with Gasteiger partial charge < -0.3 is 14.4 Å². The summed E-state index contributed by atoms with van der Waals surface area (Å²) in [5.74, 6) is 0.652. The van der Waals surface area contributed by atoms with Gasteiger partial charge in [-0.1, -0.05) is 30.0 Å². The average Bonchev–Trinajstić information content (AvgIpc) is 2.88. The molecule has 6 nitrogen and oxygen atoms in total. The van der Waals surface area contributed by atoms with Crippen LogP contribution < -0.4 is 4.74 Å². The number of rotatable bonds is 8. The molecule has 7 heteroatoms. The Morgan fingerprint density at radius 1 is 1.41 bits per heavy atom. The number of carboxylic acid groups (broad SMARTS) is 1. The van der Waals surface area contributed by atoms with E-state index in [0.29, 0.717) is 18.1 Å². The van der Waals surface area contributed by atoms with Crippen LogP contribution in [0.2, 0.25) is 0 Å². The van der Waals surface area contributed by atoms with Crippen LogP contribution >= 0.6 is 11.8 Å². The van der Waals surface area contributed by atoms with Crippen molar-refractivity contribution in [3.05, 3.63) is 48.3 Å². The Labute approximate surface area is 132 Å². The molecule has 2 aromatic rings. The van der Waals surface area contributed by atoms with Crippen LogP contribution in [-0.2, 0) is 17.8 Å². The van der Waals surface area contributed by atoms with Crippen LogP contribution in [0, 0.1) is 0 Å². The Balaban J connectivity index is 2.18. The lowest BCUT2D eigenvalue weighted by Crippen LogP contribution is -2.06. The van der Waals surface area contributed by atoms with E-state index in [2.05, 4.69) is 16.8 Å². The Kier molecular flexibility index (Phi) is 5.60. The van der Waals surface area contributed by atoms with Gasteiger partial charge in [0.25, 0.3) is 0 Å². The Morgan fingerprint density at radius 2 is 2.14 bits per heavy atom. The number of aromatic nitrogens is 3. The largest absolute Gasteiger partial charge is 0.497 e. The molecule has 0 fully saturated rings. The van der Waals surface area contributed by atoms with E-state index in [4.69, 9.17) is 9.84 Å². The summed E-state index contributed by atoms with van der Waals surface area (Å²) in [5.41, 5.74) is 1.08. The van der Waals surface area contributed by atoms with Crippen molar-refractivity contribution in [2.24, 2.45) is 0 Å². The monoisotopic (exact) mass is 319 g/mol. The highest BCUT2D eigenvalue weighted by Gasteiger charge is 2.13. The second-order valence-corrected chi connectivity index (χ2v) is 5.45. The van der Waals surface area contributed by atoms with Crippen molar-refractivity contribution in [1.82, 2.24) is 14.8 Å². The molecule has 0 radical (unpaired) electrons. The number of carbonyl (C=O) groups is 1. The summed E-state index contributed by atoms with van der Waals surface area (Å²) in [4.78, 5) is 10.7. The number of thioether (sulfide) groups is 1. The summed E-state index contributed by atoms with van der Waals surface area (Å²) in [6.07, 6.45) is 2.35. The summed E-state index contributed by atoms with van der Waals surface area (Å²) in [5, 5.41) is 17.6. The predicted octanol–water partition coefficient (Wildman–Crippen LogP) is 2.24. The number of carboxylic acids is 1. The quantitative estimate of drug-likeness (QED) is 0.594. The van der Waals surface area contributed by atoms with Gasteiger partial charge in [-0.3, -0.25) is 4.79 Å². The minimum absolute atomic E-state index is 0.0438. The van der Waals surface area contributed by atoms with E-state index in [0.717, 1.165) is 28.9 Å². The lowest BCUT2D eigenvalue weighted by Gasteiger charge is -2.07. The van der Waals surface area contributed by atoms with Crippen molar-refractivity contribution in [1.29, 1.82) is 0 Å². The molecule has 0 aliphatic carbocycles. The lowest BCUT2D eigenvalue weighted by atomic mass is 10.1. The van der Waals surface area contributed by atoms with Crippen LogP contribution in [0.5, 0.6) is 5.75 Å². The molecule has 1 N–H and O–H groups in total. The van der Waals surface area contributed by atoms with Gasteiger partial charge in [0.1, 0.15) is 11.6 Å². The van der Waals surface area contributed by atoms with E-state index in [1.54, 1.807) is 13.2 Å². The molecule has 1 heterocycles. The van der Waals surface area contributed by atoms with Crippen molar-refractivity contribution in [3.8, 4) is 5.75 Å². The first kappa shape index (κ1) is 16.1. The third-order valence-electron chi connectivity index (χ3n) is 2.95. The van der Waals surface area contributed by atoms with E-state index in [-0.39, 0.29) is 5.75 Å². The fourth-order valence-corrected chi connectivity index (χ4v) is 2.61. The third kappa shape index (κ3) is 4.11. The van der Waals surface area contributed by atoms with Gasteiger partial charge >= 0.3 is 5.97 Å². The zero-order chi connectivity index (χ0) is 15.9. The van der Waals surface area contributed by atoms with Crippen LogP contribution in [0.15, 0.2) is 42.1 Å². The first-order valence-electron chi connectivity index (χ1n) is 6.64. The van der Waals surface area contributed by atoms with Gasteiger partial charge in [-0.05, 0) is 17.7 Å². The van der Waals surface area contributed by atoms with Crippen molar-refractivity contribution < 1.29 is 14.6 Å². The lowest BCUT2D eigenvalue weighted by molar-refractivity contribution is -0.133. The van der Waals surface area contributed by atoms with Gasteiger partial charge in [-0.15, -0.1) is 16.8 Å². The molecule has 116 valence electrons. The van der Waals surface area contributed by atoms with Gasteiger partial charge in [0.05, 0.1) is 12.9 Å². The van der Waals surface area contributed by atoms with Crippen LogP contribution in [-0.4, -0.2) is 38.7 Å². The second kappa shape index (κ2) is 7.65. The highest BCUT2D eigenvalue weighted by atomic mass is 32.2. The SMILES string of the molecule is C=CCn1c(Cc2ccc(OC)cc2)nnc1SCC(=O)O. The molecule has 0 saturated carbocycles. The maximum Gasteiger partial charge on any atom is 0.313 e. The van der Waals surface area contributed by atoms with E-state index in [1.807, 2.05) is 28.8 Å². The summed E-state index contributed by atoms with van der Waals surface area (Å²) in [6, 6.07) is 7.72. The fourth-order valence-electron chi connectivity index (χ4n) is 1.92. The summed E-state index contributed by atoms with van der Waals surface area (Å²) >= 11 is 1.15. The Bertz CT molecular complexity index is 653. The van der Waals surface area contributed by atoms with E-state index in [9.17, 15) is 4.79 Å². The van der Waals surface area contributed by atoms with Crippen molar-refractivity contribution in [2.75, 3.05) is 12.9 Å². The van der Waals surface area contributed by atoms with Crippen molar-refractivity contribution >= 4 is 17.7 Å². The number of nitrogens with zero attached hydrogens (tertiary/aromatic N) is 3. The Hall–Kier alpha value is -2.28. The van der Waals surface area contributed by atoms with Crippen molar-refractivity contribution in [2.45, 2.75) is 18.1 Å². The van der Waals surface area contributed by atoms with Gasteiger partial charge in [0, 0.05) is 13.0 Å². The smallest absolute Gasteiger partial charge is 0.313 e. The van der Waals surface area contributed by atoms with E-state index < -0.39 is 5.97 Å². The molecule has 0 aliphatic heterocycles. The van der Waals surface area contributed by atoms with Crippen LogP contribution in [0.4, 0.5) is 0 Å². The molecule has 1 aromatic heterocycles. The number of ether oxygens (including phenoxy) is 1. The number of benzene rings is 1. The molecule has 0 aliphatic rings. The fraction of sp³-hybridized carbons (Fsp3) is 0.267. The number of aliphatic carboxylic acids is 1. The molecular weight excluding hydrogens is 302 g/mol. The molecule has 0 unspecified atom stereocenters. The predicted molar refractivity (Wildman–Crippen MR) is 84.4 cm³/mol.